The van der Waals surface area contributed by atoms with Crippen molar-refractivity contribution in [3.63, 3.8) is 0 Å². The van der Waals surface area contributed by atoms with Crippen LogP contribution in [0.5, 0.6) is 0 Å². The summed E-state index contributed by atoms with van der Waals surface area (Å²) in [5.41, 5.74) is -0.658. The number of fused-ring (bicyclic) bond motifs is 1. The summed E-state index contributed by atoms with van der Waals surface area (Å²) in [5.74, 6) is -4.27. The van der Waals surface area contributed by atoms with Crippen LogP contribution in [0.4, 0.5) is 36.4 Å². The van der Waals surface area contributed by atoms with Crippen molar-refractivity contribution in [3.8, 4) is 0 Å². The first-order valence-electron chi connectivity index (χ1n) is 9.57. The van der Waals surface area contributed by atoms with E-state index in [0.29, 0.717) is 27.6 Å². The molecule has 1 aliphatic rings. The number of rotatable bonds is 5. The number of hydrogen-bond donors (Lipinski definition) is 1. The Balaban J connectivity index is 1.77. The van der Waals surface area contributed by atoms with Gasteiger partial charge in [-0.25, -0.2) is 12.8 Å². The van der Waals surface area contributed by atoms with Crippen LogP contribution in [0.1, 0.15) is 22.3 Å². The van der Waals surface area contributed by atoms with E-state index >= 15 is 0 Å². The molecule has 0 radical (unpaired) electrons. The van der Waals surface area contributed by atoms with Crippen molar-refractivity contribution in [3.05, 3.63) is 63.4 Å². The highest BCUT2D eigenvalue weighted by atomic mass is 35.5. The summed E-state index contributed by atoms with van der Waals surface area (Å²) in [6.45, 7) is -0.642. The molecule has 0 spiro atoms. The minimum absolute atomic E-state index is 0.0339. The minimum atomic E-state index is -4.91. The summed E-state index contributed by atoms with van der Waals surface area (Å²) >= 11 is 6.14. The van der Waals surface area contributed by atoms with E-state index in [1.807, 2.05) is 0 Å². The average Bonchev–Trinajstić information content (AvgIpc) is 2.67. The molecule has 1 aliphatic heterocycles. The first kappa shape index (κ1) is 26.2. The number of hydrogen-bond acceptors (Lipinski definition) is 3. The first-order chi connectivity index (χ1) is 15.6. The van der Waals surface area contributed by atoms with Crippen LogP contribution in [-0.4, -0.2) is 37.1 Å². The van der Waals surface area contributed by atoms with Crippen molar-refractivity contribution < 1.29 is 43.9 Å². The zero-order chi connectivity index (χ0) is 25.5. The second-order valence-electron chi connectivity index (χ2n) is 7.55. The van der Waals surface area contributed by atoms with Gasteiger partial charge in [-0.15, -0.1) is 0 Å². The fraction of sp³-hybridized carbons (Fsp3) is 0.350. The topological polar surface area (TPSA) is 66.5 Å². The number of amides is 1. The highest BCUT2D eigenvalue weighted by Crippen LogP contribution is 2.35. The Morgan fingerprint density at radius 3 is 2.35 bits per heavy atom. The van der Waals surface area contributed by atoms with Gasteiger partial charge in [0.1, 0.15) is 5.82 Å². The van der Waals surface area contributed by atoms with Gasteiger partial charge >= 0.3 is 12.4 Å². The Hall–Kier alpha value is -2.38. The Kier molecular flexibility index (Phi) is 7.21. The molecule has 0 bridgehead atoms. The van der Waals surface area contributed by atoms with Crippen molar-refractivity contribution in [2.75, 3.05) is 17.6 Å². The summed E-state index contributed by atoms with van der Waals surface area (Å²) in [6, 6.07) is 4.82. The van der Waals surface area contributed by atoms with Gasteiger partial charge in [0, 0.05) is 13.1 Å². The van der Waals surface area contributed by atoms with Gasteiger partial charge in [0.05, 0.1) is 22.7 Å². The highest BCUT2D eigenvalue weighted by Gasteiger charge is 2.39. The van der Waals surface area contributed by atoms with Gasteiger partial charge in [-0.1, -0.05) is 23.7 Å². The lowest BCUT2D eigenvalue weighted by molar-refractivity contribution is -0.140. The molecule has 1 amide bonds. The molecule has 0 aliphatic carbocycles. The number of nitrogens with zero attached hydrogens (tertiary/aromatic N) is 1. The number of carbonyl (C=O) groups is 1. The predicted molar refractivity (Wildman–Crippen MR) is 109 cm³/mol. The Morgan fingerprint density at radius 2 is 1.76 bits per heavy atom. The molecular formula is C20H16ClF7N2O3S. The van der Waals surface area contributed by atoms with E-state index < -0.39 is 51.8 Å². The Bertz CT molecular complexity index is 1210. The van der Waals surface area contributed by atoms with E-state index in [1.165, 1.54) is 12.1 Å². The van der Waals surface area contributed by atoms with Crippen LogP contribution in [0.25, 0.3) is 0 Å². The molecule has 0 unspecified atom stereocenters. The lowest BCUT2D eigenvalue weighted by atomic mass is 9.98. The van der Waals surface area contributed by atoms with E-state index in [2.05, 4.69) is 5.32 Å². The fourth-order valence-electron chi connectivity index (χ4n) is 3.54. The number of carbonyl (C=O) groups excluding carboxylic acids is 1. The lowest BCUT2D eigenvalue weighted by Crippen LogP contribution is -2.41. The normalized spacial score (nSPS) is 15.2. The van der Waals surface area contributed by atoms with Crippen molar-refractivity contribution in [1.29, 1.82) is 0 Å². The van der Waals surface area contributed by atoms with E-state index in [9.17, 15) is 43.9 Å². The number of nitrogens with one attached hydrogen (secondary N) is 1. The van der Waals surface area contributed by atoms with Gasteiger partial charge in [0.2, 0.25) is 15.9 Å². The molecule has 186 valence electrons. The Labute approximate surface area is 194 Å². The number of halogens is 8. The molecule has 0 aromatic heterocycles. The maximum absolute atomic E-state index is 13.8. The highest BCUT2D eigenvalue weighted by molar-refractivity contribution is 7.89. The first-order valence-corrected chi connectivity index (χ1v) is 11.6. The van der Waals surface area contributed by atoms with Crippen LogP contribution < -0.4 is 5.32 Å². The van der Waals surface area contributed by atoms with Crippen molar-refractivity contribution in [1.82, 2.24) is 4.31 Å². The average molecular weight is 533 g/mol. The third-order valence-corrected chi connectivity index (χ3v) is 7.13. The molecule has 2 aromatic rings. The second kappa shape index (κ2) is 9.34. The predicted octanol–water partition coefficient (Wildman–Crippen LogP) is 4.93. The summed E-state index contributed by atoms with van der Waals surface area (Å²) in [4.78, 5) is 12.4. The number of alkyl halides is 6. The van der Waals surface area contributed by atoms with Crippen LogP contribution in [-0.2, 0) is 40.4 Å². The third-order valence-electron chi connectivity index (χ3n) is 5.02. The zero-order valence-corrected chi connectivity index (χ0v) is 18.6. The van der Waals surface area contributed by atoms with E-state index in [4.69, 9.17) is 11.6 Å². The molecule has 0 fully saturated rings. The minimum Gasteiger partial charge on any atom is -0.324 e. The van der Waals surface area contributed by atoms with Crippen LogP contribution in [0.3, 0.4) is 0 Å². The number of anilines is 1. The van der Waals surface area contributed by atoms with Gasteiger partial charge in [-0.05, 0) is 41.3 Å². The zero-order valence-electron chi connectivity index (χ0n) is 17.0. The van der Waals surface area contributed by atoms with Gasteiger partial charge < -0.3 is 5.32 Å². The molecular weight excluding hydrogens is 517 g/mol. The molecule has 34 heavy (non-hydrogen) atoms. The standard InChI is InChI=1S/C20H16ClF7N2O3S/c21-15-4-2-12-9-30(34(32,33)10-19(23,24)25)6-5-13(12)18(15)29-17(31)8-11-1-3-14(16(22)7-11)20(26,27)28/h1-4,7H,5-6,8-10H2,(H,29,31). The lowest BCUT2D eigenvalue weighted by Gasteiger charge is -2.30. The molecule has 0 saturated heterocycles. The largest absolute Gasteiger partial charge is 0.419 e. The smallest absolute Gasteiger partial charge is 0.324 e. The van der Waals surface area contributed by atoms with Crippen molar-refractivity contribution >= 4 is 33.2 Å². The maximum atomic E-state index is 13.8. The Morgan fingerprint density at radius 1 is 1.09 bits per heavy atom. The number of benzene rings is 2. The van der Waals surface area contributed by atoms with Crippen molar-refractivity contribution in [2.24, 2.45) is 0 Å². The van der Waals surface area contributed by atoms with Gasteiger partial charge in [-0.2, -0.15) is 30.6 Å². The van der Waals surface area contributed by atoms with E-state index in [0.717, 1.165) is 6.07 Å². The SMILES string of the molecule is O=C(Cc1ccc(C(F)(F)F)c(F)c1)Nc1c(Cl)ccc2c1CCN(S(=O)(=O)CC(F)(F)F)C2. The summed E-state index contributed by atoms with van der Waals surface area (Å²) < 4.78 is 114. The molecule has 0 atom stereocenters. The molecule has 1 heterocycles. The summed E-state index contributed by atoms with van der Waals surface area (Å²) in [5, 5.41) is 2.55. The van der Waals surface area contributed by atoms with Crippen LogP contribution in [0, 0.1) is 5.82 Å². The molecule has 3 rings (SSSR count). The van der Waals surface area contributed by atoms with Crippen molar-refractivity contribution in [2.45, 2.75) is 31.7 Å². The third kappa shape index (κ3) is 6.19. The summed E-state index contributed by atoms with van der Waals surface area (Å²) in [6.07, 6.45) is -10.3. The molecule has 5 nitrogen and oxygen atoms in total. The van der Waals surface area contributed by atoms with Crippen LogP contribution in [0.2, 0.25) is 5.02 Å². The number of sulfonamides is 1. The summed E-state index contributed by atoms with van der Waals surface area (Å²) in [7, 11) is -4.62. The monoisotopic (exact) mass is 532 g/mol. The second-order valence-corrected chi connectivity index (χ2v) is 9.93. The van der Waals surface area contributed by atoms with Gasteiger partial charge in [0.15, 0.2) is 5.75 Å². The van der Waals surface area contributed by atoms with Crippen LogP contribution >= 0.6 is 11.6 Å². The van der Waals surface area contributed by atoms with E-state index in [1.54, 1.807) is 0 Å². The molecule has 14 heteroatoms. The molecule has 1 N–H and O–H groups in total. The molecule has 2 aromatic carbocycles. The quantitative estimate of drug-likeness (QED) is 0.556. The van der Waals surface area contributed by atoms with E-state index in [-0.39, 0.29) is 35.8 Å². The van der Waals surface area contributed by atoms with Gasteiger partial charge in [-0.3, -0.25) is 4.79 Å². The molecule has 0 saturated carbocycles. The van der Waals surface area contributed by atoms with Gasteiger partial charge in [0.25, 0.3) is 0 Å². The fourth-order valence-corrected chi connectivity index (χ4v) is 5.07. The van der Waals surface area contributed by atoms with Crippen LogP contribution in [0.15, 0.2) is 30.3 Å². The maximum Gasteiger partial charge on any atom is 0.419 e.